The Morgan fingerprint density at radius 2 is 2.21 bits per heavy atom. The van der Waals surface area contributed by atoms with Crippen molar-refractivity contribution in [2.45, 2.75) is 0 Å². The first-order valence-corrected chi connectivity index (χ1v) is 3.86. The molecule has 0 saturated heterocycles. The molecule has 0 aliphatic heterocycles. The third-order valence-electron chi connectivity index (χ3n) is 1.50. The number of aromatic hydroxyl groups is 1. The highest BCUT2D eigenvalue weighted by Gasteiger charge is 2.13. The van der Waals surface area contributed by atoms with E-state index in [2.05, 4.69) is 0 Å². The lowest BCUT2D eigenvalue weighted by atomic mass is 10.3. The van der Waals surface area contributed by atoms with Crippen molar-refractivity contribution >= 4 is 5.69 Å². The zero-order chi connectivity index (χ0) is 10.6. The van der Waals surface area contributed by atoms with E-state index < -0.39 is 16.4 Å². The molecule has 0 aliphatic carbocycles. The number of phenols is 1. The third-order valence-corrected chi connectivity index (χ3v) is 1.50. The van der Waals surface area contributed by atoms with Crippen LogP contribution >= 0.6 is 0 Å². The van der Waals surface area contributed by atoms with Gasteiger partial charge in [0.05, 0.1) is 17.6 Å². The summed E-state index contributed by atoms with van der Waals surface area (Å²) in [6.07, 6.45) is 0. The molecule has 1 rings (SSSR count). The Balaban J connectivity index is 2.89. The molecule has 0 atom stereocenters. The number of aliphatic hydroxyl groups is 1. The van der Waals surface area contributed by atoms with Crippen LogP contribution in [0.3, 0.4) is 0 Å². The van der Waals surface area contributed by atoms with Crippen molar-refractivity contribution in [3.8, 4) is 11.5 Å². The number of benzene rings is 1. The van der Waals surface area contributed by atoms with Gasteiger partial charge in [0.15, 0.2) is 5.75 Å². The van der Waals surface area contributed by atoms with Crippen molar-refractivity contribution in [2.24, 2.45) is 0 Å². The topological polar surface area (TPSA) is 92.8 Å². The second-order valence-electron chi connectivity index (χ2n) is 2.48. The second kappa shape index (κ2) is 4.43. The lowest BCUT2D eigenvalue weighted by Gasteiger charge is -2.03. The normalized spacial score (nSPS) is 9.79. The van der Waals surface area contributed by atoms with Crippen LogP contribution in [0.5, 0.6) is 11.5 Å². The van der Waals surface area contributed by atoms with Crippen molar-refractivity contribution < 1.29 is 19.9 Å². The summed E-state index contributed by atoms with van der Waals surface area (Å²) in [5.41, 5.74) is -0.416. The van der Waals surface area contributed by atoms with Gasteiger partial charge in [-0.05, 0) is 12.1 Å². The van der Waals surface area contributed by atoms with Crippen LogP contribution in [0.25, 0.3) is 0 Å². The molecule has 0 spiro atoms. The molecule has 0 saturated carbocycles. The van der Waals surface area contributed by atoms with Crippen LogP contribution in [-0.4, -0.2) is 28.4 Å². The Morgan fingerprint density at radius 1 is 1.50 bits per heavy atom. The fraction of sp³-hybridized carbons (Fsp3) is 0.250. The first kappa shape index (κ1) is 10.3. The number of phenolic OH excluding ortho intramolecular Hbond substituents is 1. The molecule has 0 amide bonds. The van der Waals surface area contributed by atoms with Gasteiger partial charge in [-0.1, -0.05) is 0 Å². The maximum Gasteiger partial charge on any atom is 0.314 e. The molecule has 0 unspecified atom stereocenters. The number of ether oxygens (including phenoxy) is 1. The molecule has 76 valence electrons. The summed E-state index contributed by atoms with van der Waals surface area (Å²) in [4.78, 5) is 9.68. The van der Waals surface area contributed by atoms with Gasteiger partial charge < -0.3 is 14.9 Å². The zero-order valence-corrected chi connectivity index (χ0v) is 7.21. The molecule has 6 nitrogen and oxygen atoms in total. The Kier molecular flexibility index (Phi) is 3.24. The number of aliphatic hydroxyl groups excluding tert-OH is 1. The number of rotatable bonds is 4. The first-order chi connectivity index (χ1) is 6.65. The summed E-state index contributed by atoms with van der Waals surface area (Å²) in [5, 5.41) is 27.9. The molecule has 0 heterocycles. The van der Waals surface area contributed by atoms with Gasteiger partial charge in [0, 0.05) is 0 Å². The van der Waals surface area contributed by atoms with Gasteiger partial charge in [0.1, 0.15) is 12.4 Å². The molecule has 2 N–H and O–H groups in total. The van der Waals surface area contributed by atoms with Crippen LogP contribution in [0.1, 0.15) is 0 Å². The Bertz CT molecular complexity index is 339. The minimum atomic E-state index is -0.707. The van der Waals surface area contributed by atoms with Gasteiger partial charge in [0.2, 0.25) is 0 Å². The predicted octanol–water partition coefficient (Wildman–Crippen LogP) is 0.671. The van der Waals surface area contributed by atoms with Crippen molar-refractivity contribution in [3.63, 3.8) is 0 Å². The smallest absolute Gasteiger partial charge is 0.314 e. The number of nitrogens with zero attached hydrogens (tertiary/aromatic N) is 1. The van der Waals surface area contributed by atoms with Crippen LogP contribution in [0.15, 0.2) is 18.2 Å². The molecule has 0 aliphatic rings. The number of hydrogen-bond acceptors (Lipinski definition) is 5. The third kappa shape index (κ3) is 2.33. The van der Waals surface area contributed by atoms with Crippen molar-refractivity contribution in [2.75, 3.05) is 13.2 Å². The minimum absolute atomic E-state index is 0.0575. The molecule has 0 bridgehead atoms. The second-order valence-corrected chi connectivity index (χ2v) is 2.48. The largest absolute Gasteiger partial charge is 0.502 e. The van der Waals surface area contributed by atoms with E-state index in [0.29, 0.717) is 0 Å². The highest BCUT2D eigenvalue weighted by atomic mass is 16.6. The van der Waals surface area contributed by atoms with Gasteiger partial charge in [0.25, 0.3) is 0 Å². The Morgan fingerprint density at radius 3 is 2.79 bits per heavy atom. The summed E-state index contributed by atoms with van der Waals surface area (Å²) in [7, 11) is 0. The summed E-state index contributed by atoms with van der Waals surface area (Å²) < 4.78 is 4.94. The van der Waals surface area contributed by atoms with Crippen molar-refractivity contribution in [3.05, 3.63) is 28.3 Å². The van der Waals surface area contributed by atoms with Gasteiger partial charge in [-0.2, -0.15) is 0 Å². The van der Waals surface area contributed by atoms with Crippen LogP contribution < -0.4 is 4.74 Å². The van der Waals surface area contributed by atoms with Crippen LogP contribution in [0.2, 0.25) is 0 Å². The van der Waals surface area contributed by atoms with E-state index >= 15 is 0 Å². The SMILES string of the molecule is O=[N+]([O-])c1cc(OCCO)ccc1O. The highest BCUT2D eigenvalue weighted by Crippen LogP contribution is 2.29. The first-order valence-electron chi connectivity index (χ1n) is 3.86. The zero-order valence-electron chi connectivity index (χ0n) is 7.21. The maximum atomic E-state index is 10.4. The lowest BCUT2D eigenvalue weighted by Crippen LogP contribution is -2.01. The number of nitro groups is 1. The van der Waals surface area contributed by atoms with E-state index in [4.69, 9.17) is 14.9 Å². The maximum absolute atomic E-state index is 10.4. The summed E-state index contributed by atoms with van der Waals surface area (Å²) >= 11 is 0. The number of hydrogen-bond donors (Lipinski definition) is 2. The van der Waals surface area contributed by atoms with E-state index in [1.165, 1.54) is 12.1 Å². The Hall–Kier alpha value is -1.82. The van der Waals surface area contributed by atoms with Crippen LogP contribution in [0.4, 0.5) is 5.69 Å². The number of nitro benzene ring substituents is 1. The fourth-order valence-corrected chi connectivity index (χ4v) is 0.903. The molecule has 0 aromatic heterocycles. The van der Waals surface area contributed by atoms with Gasteiger partial charge in [-0.25, -0.2) is 0 Å². The predicted molar refractivity (Wildman–Crippen MR) is 47.3 cm³/mol. The van der Waals surface area contributed by atoms with E-state index in [1.54, 1.807) is 0 Å². The lowest BCUT2D eigenvalue weighted by molar-refractivity contribution is -0.385. The van der Waals surface area contributed by atoms with E-state index in [0.717, 1.165) is 6.07 Å². The average molecular weight is 199 g/mol. The molecular weight excluding hydrogens is 190 g/mol. The Labute approximate surface area is 79.5 Å². The molecule has 1 aromatic rings. The average Bonchev–Trinajstić information content (AvgIpc) is 2.16. The van der Waals surface area contributed by atoms with Crippen LogP contribution in [-0.2, 0) is 0 Å². The molecular formula is C8H9NO5. The molecule has 0 fully saturated rings. The quantitative estimate of drug-likeness (QED) is 0.549. The van der Waals surface area contributed by atoms with E-state index in [-0.39, 0.29) is 19.0 Å². The summed E-state index contributed by atoms with van der Waals surface area (Å²) in [5.74, 6) is -0.171. The molecule has 1 aromatic carbocycles. The fourth-order valence-electron chi connectivity index (χ4n) is 0.903. The molecule has 0 radical (unpaired) electrons. The van der Waals surface area contributed by atoms with Gasteiger partial charge >= 0.3 is 5.69 Å². The minimum Gasteiger partial charge on any atom is -0.502 e. The highest BCUT2D eigenvalue weighted by molar-refractivity contribution is 5.49. The van der Waals surface area contributed by atoms with E-state index in [1.807, 2.05) is 0 Å². The van der Waals surface area contributed by atoms with Crippen molar-refractivity contribution in [1.29, 1.82) is 0 Å². The van der Waals surface area contributed by atoms with Crippen molar-refractivity contribution in [1.82, 2.24) is 0 Å². The van der Waals surface area contributed by atoms with Gasteiger partial charge in [-0.3, -0.25) is 10.1 Å². The van der Waals surface area contributed by atoms with Gasteiger partial charge in [-0.15, -0.1) is 0 Å². The molecule has 14 heavy (non-hydrogen) atoms. The summed E-state index contributed by atoms with van der Waals surface area (Å²) in [6, 6.07) is 3.66. The van der Waals surface area contributed by atoms with Crippen LogP contribution in [0, 0.1) is 10.1 Å². The van der Waals surface area contributed by atoms with E-state index in [9.17, 15) is 10.1 Å². The standard InChI is InChI=1S/C8H9NO5/c10-3-4-14-6-1-2-8(11)7(5-6)9(12)13/h1-2,5,10-11H,3-4H2. The summed E-state index contributed by atoms with van der Waals surface area (Å²) in [6.45, 7) is -0.114. The monoisotopic (exact) mass is 199 g/mol. The molecule has 6 heteroatoms.